The molecule has 3 rings (SSSR count). The van der Waals surface area contributed by atoms with E-state index in [0.29, 0.717) is 5.02 Å². The first-order valence-corrected chi connectivity index (χ1v) is 7.09. The number of hydrogen-bond acceptors (Lipinski definition) is 2. The Kier molecular flexibility index (Phi) is 3.40. The number of ether oxygens (including phenoxy) is 1. The number of rotatable bonds is 0. The number of nitrogens with one attached hydrogen (secondary N) is 1. The van der Waals surface area contributed by atoms with Crippen LogP contribution in [0.5, 0.6) is 0 Å². The lowest BCUT2D eigenvalue weighted by atomic mass is 9.91. The summed E-state index contributed by atoms with van der Waals surface area (Å²) in [6.45, 7) is 4.06. The van der Waals surface area contributed by atoms with Crippen LogP contribution in [0.2, 0.25) is 5.02 Å². The van der Waals surface area contributed by atoms with Gasteiger partial charge < -0.3 is 9.72 Å². The van der Waals surface area contributed by atoms with E-state index >= 15 is 0 Å². The Labute approximate surface area is 122 Å². The fourth-order valence-corrected chi connectivity index (χ4v) is 2.98. The number of fused-ring (bicyclic) bond motifs is 3. The topological polar surface area (TPSA) is 42.1 Å². The molecule has 0 saturated carbocycles. The molecule has 2 heterocycles. The average molecular weight is 290 g/mol. The van der Waals surface area contributed by atoms with Crippen LogP contribution in [0.3, 0.4) is 0 Å². The number of benzene rings is 1. The van der Waals surface area contributed by atoms with Crippen molar-refractivity contribution in [3.05, 3.63) is 57.0 Å². The van der Waals surface area contributed by atoms with E-state index in [1.54, 1.807) is 12.3 Å². The molecule has 1 aliphatic rings. The van der Waals surface area contributed by atoms with Gasteiger partial charge in [-0.2, -0.15) is 0 Å². The maximum absolute atomic E-state index is 11.7. The summed E-state index contributed by atoms with van der Waals surface area (Å²) < 4.78 is 5.99. The SMILES string of the molecule is CC1Cc2ccc(Cl)cc2-c2cc(=O)[nH]cc2C(C)O1. The molecule has 1 aliphatic heterocycles. The lowest BCUT2D eigenvalue weighted by molar-refractivity contribution is 0.00701. The van der Waals surface area contributed by atoms with Gasteiger partial charge >= 0.3 is 0 Å². The van der Waals surface area contributed by atoms with Gasteiger partial charge in [0.2, 0.25) is 5.56 Å². The highest BCUT2D eigenvalue weighted by Gasteiger charge is 2.22. The van der Waals surface area contributed by atoms with Crippen LogP contribution in [0.4, 0.5) is 0 Å². The molecule has 0 amide bonds. The molecule has 0 aliphatic carbocycles. The number of halogens is 1. The number of hydrogen-bond donors (Lipinski definition) is 1. The molecule has 0 saturated heterocycles. The van der Waals surface area contributed by atoms with E-state index in [0.717, 1.165) is 28.7 Å². The number of aromatic amines is 1. The van der Waals surface area contributed by atoms with Gasteiger partial charge in [-0.1, -0.05) is 17.7 Å². The summed E-state index contributed by atoms with van der Waals surface area (Å²) in [6, 6.07) is 7.45. The van der Waals surface area contributed by atoms with Gasteiger partial charge in [0, 0.05) is 22.8 Å². The minimum Gasteiger partial charge on any atom is -0.370 e. The van der Waals surface area contributed by atoms with E-state index in [4.69, 9.17) is 16.3 Å². The molecule has 2 aromatic rings. The third kappa shape index (κ3) is 2.39. The summed E-state index contributed by atoms with van der Waals surface area (Å²) in [5.74, 6) is 0. The predicted molar refractivity (Wildman–Crippen MR) is 80.2 cm³/mol. The molecular weight excluding hydrogens is 274 g/mol. The van der Waals surface area contributed by atoms with Crippen molar-refractivity contribution in [2.75, 3.05) is 0 Å². The Balaban J connectivity index is 2.31. The summed E-state index contributed by atoms with van der Waals surface area (Å²) in [4.78, 5) is 14.4. The zero-order valence-corrected chi connectivity index (χ0v) is 12.2. The highest BCUT2D eigenvalue weighted by molar-refractivity contribution is 6.30. The summed E-state index contributed by atoms with van der Waals surface area (Å²) >= 11 is 6.13. The Morgan fingerprint density at radius 3 is 2.85 bits per heavy atom. The average Bonchev–Trinajstić information content (AvgIpc) is 2.39. The van der Waals surface area contributed by atoms with Crippen LogP contribution in [-0.2, 0) is 11.2 Å². The van der Waals surface area contributed by atoms with E-state index in [-0.39, 0.29) is 17.8 Å². The molecule has 104 valence electrons. The van der Waals surface area contributed by atoms with Gasteiger partial charge in [0.05, 0.1) is 12.2 Å². The van der Waals surface area contributed by atoms with Gasteiger partial charge in [0.15, 0.2) is 0 Å². The van der Waals surface area contributed by atoms with Crippen molar-refractivity contribution in [1.82, 2.24) is 4.98 Å². The second-order valence-corrected chi connectivity index (χ2v) is 5.70. The first-order chi connectivity index (χ1) is 9.54. The predicted octanol–water partition coefficient (Wildman–Crippen LogP) is 3.72. The van der Waals surface area contributed by atoms with Gasteiger partial charge in [-0.15, -0.1) is 0 Å². The fraction of sp³-hybridized carbons (Fsp3) is 0.312. The monoisotopic (exact) mass is 289 g/mol. The first kappa shape index (κ1) is 13.4. The molecular formula is C16H16ClNO2. The van der Waals surface area contributed by atoms with Crippen LogP contribution in [0.25, 0.3) is 11.1 Å². The van der Waals surface area contributed by atoms with Crippen molar-refractivity contribution in [1.29, 1.82) is 0 Å². The first-order valence-electron chi connectivity index (χ1n) is 6.71. The van der Waals surface area contributed by atoms with Crippen LogP contribution >= 0.6 is 11.6 Å². The van der Waals surface area contributed by atoms with Gasteiger partial charge in [-0.3, -0.25) is 4.79 Å². The van der Waals surface area contributed by atoms with Crippen LogP contribution in [-0.4, -0.2) is 11.1 Å². The maximum atomic E-state index is 11.7. The zero-order chi connectivity index (χ0) is 14.3. The Hall–Kier alpha value is -1.58. The molecule has 0 bridgehead atoms. The standard InChI is InChI=1S/C16H16ClNO2/c1-9-5-11-3-4-12(17)6-13(11)14-7-16(19)18-8-15(14)10(2)20-9/h3-4,6-10H,5H2,1-2H3,(H,18,19). The molecule has 2 unspecified atom stereocenters. The number of H-pyrrole nitrogens is 1. The molecule has 3 nitrogen and oxygen atoms in total. The van der Waals surface area contributed by atoms with E-state index in [1.165, 1.54) is 0 Å². The van der Waals surface area contributed by atoms with Gasteiger partial charge in [0.1, 0.15) is 0 Å². The number of aromatic nitrogens is 1. The van der Waals surface area contributed by atoms with E-state index < -0.39 is 0 Å². The summed E-state index contributed by atoms with van der Waals surface area (Å²) in [6.07, 6.45) is 2.60. The largest absolute Gasteiger partial charge is 0.370 e. The summed E-state index contributed by atoms with van der Waals surface area (Å²) in [5, 5.41) is 0.678. The third-order valence-electron chi connectivity index (χ3n) is 3.70. The second-order valence-electron chi connectivity index (χ2n) is 5.26. The van der Waals surface area contributed by atoms with E-state index in [2.05, 4.69) is 11.9 Å². The molecule has 20 heavy (non-hydrogen) atoms. The van der Waals surface area contributed by atoms with Crippen molar-refractivity contribution >= 4 is 11.6 Å². The highest BCUT2D eigenvalue weighted by atomic mass is 35.5. The van der Waals surface area contributed by atoms with Crippen molar-refractivity contribution in [2.24, 2.45) is 0 Å². The molecule has 0 fully saturated rings. The highest BCUT2D eigenvalue weighted by Crippen LogP contribution is 2.36. The molecule has 1 aromatic carbocycles. The fourth-order valence-electron chi connectivity index (χ4n) is 2.81. The Bertz CT molecular complexity index is 708. The van der Waals surface area contributed by atoms with Crippen LogP contribution in [0, 0.1) is 0 Å². The van der Waals surface area contributed by atoms with Gasteiger partial charge in [0.25, 0.3) is 0 Å². The second kappa shape index (κ2) is 5.08. The van der Waals surface area contributed by atoms with Gasteiger partial charge in [-0.05, 0) is 49.1 Å². The molecule has 0 spiro atoms. The van der Waals surface area contributed by atoms with Crippen molar-refractivity contribution in [2.45, 2.75) is 32.5 Å². The molecule has 4 heteroatoms. The summed E-state index contributed by atoms with van der Waals surface area (Å²) in [7, 11) is 0. The van der Waals surface area contributed by atoms with Crippen LogP contribution in [0.15, 0.2) is 35.3 Å². The molecule has 0 radical (unpaired) electrons. The maximum Gasteiger partial charge on any atom is 0.248 e. The summed E-state index contributed by atoms with van der Waals surface area (Å²) in [5.41, 5.74) is 3.96. The zero-order valence-electron chi connectivity index (χ0n) is 11.4. The van der Waals surface area contributed by atoms with E-state index in [1.807, 2.05) is 25.1 Å². The quantitative estimate of drug-likeness (QED) is 0.803. The molecule has 2 atom stereocenters. The van der Waals surface area contributed by atoms with Crippen molar-refractivity contribution in [3.8, 4) is 11.1 Å². The van der Waals surface area contributed by atoms with Crippen molar-refractivity contribution < 1.29 is 4.74 Å². The minimum absolute atomic E-state index is 0.0658. The Morgan fingerprint density at radius 1 is 1.25 bits per heavy atom. The van der Waals surface area contributed by atoms with Gasteiger partial charge in [-0.25, -0.2) is 0 Å². The lowest BCUT2D eigenvalue weighted by Gasteiger charge is -2.26. The van der Waals surface area contributed by atoms with E-state index in [9.17, 15) is 4.79 Å². The molecule has 1 N–H and O–H groups in total. The third-order valence-corrected chi connectivity index (χ3v) is 3.94. The van der Waals surface area contributed by atoms with Crippen LogP contribution in [0.1, 0.15) is 31.1 Å². The smallest absolute Gasteiger partial charge is 0.248 e. The molecule has 1 aromatic heterocycles. The lowest BCUT2D eigenvalue weighted by Crippen LogP contribution is -2.19. The minimum atomic E-state index is -0.115. The van der Waals surface area contributed by atoms with Crippen molar-refractivity contribution in [3.63, 3.8) is 0 Å². The Morgan fingerprint density at radius 2 is 2.05 bits per heavy atom. The normalized spacial score (nSPS) is 21.6. The van der Waals surface area contributed by atoms with Crippen LogP contribution < -0.4 is 5.56 Å². The number of pyridine rings is 1.